The zero-order valence-electron chi connectivity index (χ0n) is 26.3. The number of aromatic nitrogens is 2. The lowest BCUT2D eigenvalue weighted by Crippen LogP contribution is -2.51. The van der Waals surface area contributed by atoms with E-state index in [0.29, 0.717) is 45.4 Å². The molecule has 7 nitrogen and oxygen atoms in total. The Labute approximate surface area is 278 Å². The SMILES string of the molecule is Cc1ccc(-c2ncc(C([C@@H](C(C)C)C3Oc4cc(Cl)ccc4C(=O)C3Cc3ccccc3)N3C(=O)c4ccccc4C3=O)[nH]2)cc1. The van der Waals surface area contributed by atoms with E-state index in [-0.39, 0.29) is 11.7 Å². The van der Waals surface area contributed by atoms with Gasteiger partial charge in [-0.3, -0.25) is 19.3 Å². The summed E-state index contributed by atoms with van der Waals surface area (Å²) in [5.74, 6) is -1.10. The number of benzene rings is 4. The van der Waals surface area contributed by atoms with Crippen LogP contribution in [0.5, 0.6) is 5.75 Å². The van der Waals surface area contributed by atoms with E-state index >= 15 is 0 Å². The molecule has 0 saturated heterocycles. The number of amides is 2. The molecule has 0 radical (unpaired) electrons. The molecule has 0 fully saturated rings. The molecule has 3 unspecified atom stereocenters. The summed E-state index contributed by atoms with van der Waals surface area (Å²) in [5, 5.41) is 0.450. The highest BCUT2D eigenvalue weighted by molar-refractivity contribution is 6.31. The lowest BCUT2D eigenvalue weighted by atomic mass is 9.72. The molecule has 7 rings (SSSR count). The summed E-state index contributed by atoms with van der Waals surface area (Å²) in [6.07, 6.45) is 1.40. The zero-order valence-corrected chi connectivity index (χ0v) is 27.1. The molecule has 5 aromatic rings. The summed E-state index contributed by atoms with van der Waals surface area (Å²) in [7, 11) is 0. The largest absolute Gasteiger partial charge is 0.488 e. The molecule has 0 spiro atoms. The van der Waals surface area contributed by atoms with Crippen LogP contribution in [0.25, 0.3) is 11.4 Å². The Morgan fingerprint density at radius 2 is 1.51 bits per heavy atom. The molecule has 3 heterocycles. The monoisotopic (exact) mass is 643 g/mol. The quantitative estimate of drug-likeness (QED) is 0.172. The number of rotatable bonds is 8. The fourth-order valence-electron chi connectivity index (χ4n) is 7.05. The second-order valence-electron chi connectivity index (χ2n) is 12.7. The molecule has 236 valence electrons. The van der Waals surface area contributed by atoms with Gasteiger partial charge >= 0.3 is 0 Å². The number of ketones is 1. The smallest absolute Gasteiger partial charge is 0.262 e. The molecule has 0 bridgehead atoms. The average molecular weight is 644 g/mol. The fourth-order valence-corrected chi connectivity index (χ4v) is 7.21. The van der Waals surface area contributed by atoms with Crippen molar-refractivity contribution in [3.8, 4) is 17.1 Å². The molecule has 1 N–H and O–H groups in total. The third kappa shape index (κ3) is 5.55. The number of nitrogens with zero attached hydrogens (tertiary/aromatic N) is 2. The highest BCUT2D eigenvalue weighted by Gasteiger charge is 2.51. The first-order valence-electron chi connectivity index (χ1n) is 15.8. The van der Waals surface area contributed by atoms with Gasteiger partial charge in [-0.15, -0.1) is 0 Å². The van der Waals surface area contributed by atoms with Gasteiger partial charge in [-0.05, 0) is 55.2 Å². The first-order chi connectivity index (χ1) is 22.7. The minimum Gasteiger partial charge on any atom is -0.488 e. The third-order valence-corrected chi connectivity index (χ3v) is 9.60. The standard InChI is InChI=1S/C39H34ClN3O4/c1-22(2)33(36-30(19-24-9-5-4-6-10-24)35(44)29-18-17-26(40)20-32(29)47-36)34(43-38(45)27-11-7-8-12-28(27)39(43)46)31-21-41-37(42-31)25-15-13-23(3)14-16-25/h4-18,20-22,30,33-34,36H,19H2,1-3H3,(H,41,42)/t30?,33-,34?,36?/m1/s1. The zero-order chi connectivity index (χ0) is 32.8. The fraction of sp³-hybridized carbons (Fsp3) is 0.231. The molecular formula is C39H34ClN3O4. The number of H-pyrrole nitrogens is 1. The van der Waals surface area contributed by atoms with Gasteiger partial charge in [-0.25, -0.2) is 4.98 Å². The number of carbonyl (C=O) groups excluding carboxylic acids is 3. The maximum Gasteiger partial charge on any atom is 0.262 e. The van der Waals surface area contributed by atoms with Crippen LogP contribution in [0, 0.1) is 24.7 Å². The molecule has 2 aliphatic rings. The predicted octanol–water partition coefficient (Wildman–Crippen LogP) is 8.15. The maximum absolute atomic E-state index is 14.4. The number of Topliss-reactive ketones (excluding diaryl/α,β-unsaturated/α-hetero) is 1. The minimum atomic E-state index is -0.828. The van der Waals surface area contributed by atoms with E-state index < -0.39 is 35.8 Å². The molecule has 0 aliphatic carbocycles. The minimum absolute atomic E-state index is 0.0616. The van der Waals surface area contributed by atoms with Gasteiger partial charge in [-0.1, -0.05) is 97.7 Å². The number of hydrogen-bond acceptors (Lipinski definition) is 5. The number of aromatic amines is 1. The number of imide groups is 1. The molecule has 2 aliphatic heterocycles. The second-order valence-corrected chi connectivity index (χ2v) is 13.2. The van der Waals surface area contributed by atoms with Crippen LogP contribution in [0.4, 0.5) is 0 Å². The normalized spacial score (nSPS) is 18.6. The van der Waals surface area contributed by atoms with E-state index in [1.54, 1.807) is 48.7 Å². The Kier molecular flexibility index (Phi) is 8.02. The average Bonchev–Trinajstić information content (AvgIpc) is 3.65. The summed E-state index contributed by atoms with van der Waals surface area (Å²) in [6, 6.07) is 28.9. The van der Waals surface area contributed by atoms with Crippen molar-refractivity contribution in [2.45, 2.75) is 39.3 Å². The van der Waals surface area contributed by atoms with Gasteiger partial charge in [0.2, 0.25) is 0 Å². The second kappa shape index (κ2) is 12.3. The van der Waals surface area contributed by atoms with Crippen LogP contribution in [0.15, 0.2) is 103 Å². The summed E-state index contributed by atoms with van der Waals surface area (Å²) in [6.45, 7) is 6.09. The summed E-state index contributed by atoms with van der Waals surface area (Å²) in [4.78, 5) is 52.2. The Bertz CT molecular complexity index is 1950. The van der Waals surface area contributed by atoms with Crippen LogP contribution in [0.2, 0.25) is 5.02 Å². The molecule has 4 aromatic carbocycles. The highest BCUT2D eigenvalue weighted by atomic mass is 35.5. The van der Waals surface area contributed by atoms with Crippen molar-refractivity contribution >= 4 is 29.2 Å². The third-order valence-electron chi connectivity index (χ3n) is 9.36. The van der Waals surface area contributed by atoms with E-state index in [0.717, 1.165) is 16.7 Å². The van der Waals surface area contributed by atoms with Crippen LogP contribution in [-0.2, 0) is 6.42 Å². The molecule has 47 heavy (non-hydrogen) atoms. The number of hydrogen-bond donors (Lipinski definition) is 1. The van der Waals surface area contributed by atoms with Gasteiger partial charge in [0, 0.05) is 16.5 Å². The van der Waals surface area contributed by atoms with Gasteiger partial charge < -0.3 is 9.72 Å². The van der Waals surface area contributed by atoms with Crippen LogP contribution in [-0.4, -0.2) is 38.6 Å². The summed E-state index contributed by atoms with van der Waals surface area (Å²) < 4.78 is 6.82. The van der Waals surface area contributed by atoms with Crippen LogP contribution >= 0.6 is 11.6 Å². The summed E-state index contributed by atoms with van der Waals surface area (Å²) >= 11 is 6.40. The van der Waals surface area contributed by atoms with Crippen molar-refractivity contribution in [1.82, 2.24) is 14.9 Å². The molecule has 4 atom stereocenters. The van der Waals surface area contributed by atoms with E-state index in [1.165, 1.54) is 4.90 Å². The number of fused-ring (bicyclic) bond motifs is 2. The Morgan fingerprint density at radius 3 is 2.17 bits per heavy atom. The Hall–Kier alpha value is -5.01. The van der Waals surface area contributed by atoms with Gasteiger partial charge in [0.1, 0.15) is 17.7 Å². The number of aryl methyl sites for hydroxylation is 1. The van der Waals surface area contributed by atoms with Gasteiger partial charge in [0.15, 0.2) is 5.78 Å². The van der Waals surface area contributed by atoms with E-state index in [9.17, 15) is 14.4 Å². The highest BCUT2D eigenvalue weighted by Crippen LogP contribution is 2.46. The van der Waals surface area contributed by atoms with Gasteiger partial charge in [0.25, 0.3) is 11.8 Å². The first kappa shape index (κ1) is 30.6. The predicted molar refractivity (Wildman–Crippen MR) is 181 cm³/mol. The van der Waals surface area contributed by atoms with Crippen LogP contribution in [0.3, 0.4) is 0 Å². The maximum atomic E-state index is 14.4. The van der Waals surface area contributed by atoms with Crippen molar-refractivity contribution in [3.05, 3.63) is 142 Å². The van der Waals surface area contributed by atoms with Crippen molar-refractivity contribution in [1.29, 1.82) is 0 Å². The molecule has 1 aromatic heterocycles. The van der Waals surface area contributed by atoms with Crippen LogP contribution in [0.1, 0.15) is 67.8 Å². The first-order valence-corrected chi connectivity index (χ1v) is 16.2. The Morgan fingerprint density at radius 1 is 0.851 bits per heavy atom. The number of carbonyl (C=O) groups is 3. The van der Waals surface area contributed by atoms with Crippen molar-refractivity contribution < 1.29 is 19.1 Å². The Balaban J connectivity index is 1.39. The van der Waals surface area contributed by atoms with Gasteiger partial charge in [0.05, 0.1) is 40.5 Å². The molecular weight excluding hydrogens is 610 g/mol. The van der Waals surface area contributed by atoms with Crippen molar-refractivity contribution in [2.24, 2.45) is 17.8 Å². The molecule has 8 heteroatoms. The molecule has 2 amide bonds. The lowest BCUT2D eigenvalue weighted by Gasteiger charge is -2.44. The number of imidazole rings is 1. The van der Waals surface area contributed by atoms with Crippen LogP contribution < -0.4 is 4.74 Å². The lowest BCUT2D eigenvalue weighted by molar-refractivity contribution is -0.00269. The summed E-state index contributed by atoms with van der Waals surface area (Å²) in [5.41, 5.74) is 4.73. The topological polar surface area (TPSA) is 92.4 Å². The number of halogens is 1. The van der Waals surface area contributed by atoms with Gasteiger partial charge in [-0.2, -0.15) is 0 Å². The van der Waals surface area contributed by atoms with Crippen molar-refractivity contribution in [2.75, 3.05) is 0 Å². The molecule has 0 saturated carbocycles. The van der Waals surface area contributed by atoms with Crippen molar-refractivity contribution in [3.63, 3.8) is 0 Å². The number of ether oxygens (including phenoxy) is 1. The van der Waals surface area contributed by atoms with E-state index in [1.807, 2.05) is 75.4 Å². The van der Waals surface area contributed by atoms with E-state index in [4.69, 9.17) is 21.3 Å². The number of nitrogens with one attached hydrogen (secondary N) is 1. The van der Waals surface area contributed by atoms with E-state index in [2.05, 4.69) is 4.98 Å².